The largest absolute Gasteiger partial charge is 0.283 e. The minimum atomic E-state index is -0.452. The first-order valence-electron chi connectivity index (χ1n) is 3.16. The Morgan fingerprint density at radius 1 is 1.58 bits per heavy atom. The Morgan fingerprint density at radius 3 is 2.67 bits per heavy atom. The second-order valence-corrected chi connectivity index (χ2v) is 3.68. The Balaban J connectivity index is 3.33. The zero-order valence-electron chi connectivity index (χ0n) is 6.24. The summed E-state index contributed by atoms with van der Waals surface area (Å²) in [5.74, 6) is 0. The highest BCUT2D eigenvalue weighted by atomic mass is 79.9. The molecule has 0 saturated carbocycles. The van der Waals surface area contributed by atoms with Gasteiger partial charge in [-0.2, -0.15) is 0 Å². The molecule has 0 radical (unpaired) electrons. The van der Waals surface area contributed by atoms with Gasteiger partial charge in [-0.05, 0) is 18.6 Å². The first-order valence-corrected chi connectivity index (χ1v) is 4.40. The summed E-state index contributed by atoms with van der Waals surface area (Å²) in [6, 6.07) is 3.11. The molecule has 0 aromatic heterocycles. The van der Waals surface area contributed by atoms with E-state index in [-0.39, 0.29) is 5.69 Å². The van der Waals surface area contributed by atoms with E-state index in [0.717, 1.165) is 10.0 Å². The van der Waals surface area contributed by atoms with E-state index in [1.165, 1.54) is 6.07 Å². The van der Waals surface area contributed by atoms with Crippen molar-refractivity contribution < 1.29 is 4.92 Å². The zero-order chi connectivity index (χ0) is 9.30. The van der Waals surface area contributed by atoms with E-state index >= 15 is 0 Å². The number of hydrogen-bond donors (Lipinski definition) is 1. The van der Waals surface area contributed by atoms with Gasteiger partial charge in [-0.25, -0.2) is 0 Å². The Hall–Kier alpha value is -0.550. The average Bonchev–Trinajstić information content (AvgIpc) is 1.96. The lowest BCUT2D eigenvalue weighted by atomic mass is 10.2. The maximum absolute atomic E-state index is 10.4. The molecule has 0 unspecified atom stereocenters. The van der Waals surface area contributed by atoms with Gasteiger partial charge in [-0.1, -0.05) is 15.9 Å². The third kappa shape index (κ3) is 1.78. The predicted octanol–water partition coefficient (Wildman–Crippen LogP) is 2.95. The molecule has 0 amide bonds. The SMILES string of the molecule is Cc1cc(S)c([N+](=O)[O-])cc1Br. The van der Waals surface area contributed by atoms with Crippen molar-refractivity contribution in [3.63, 3.8) is 0 Å². The van der Waals surface area contributed by atoms with E-state index in [1.54, 1.807) is 6.07 Å². The minimum Gasteiger partial charge on any atom is -0.258 e. The summed E-state index contributed by atoms with van der Waals surface area (Å²) >= 11 is 7.20. The lowest BCUT2D eigenvalue weighted by molar-refractivity contribution is -0.387. The molecule has 3 nitrogen and oxygen atoms in total. The predicted molar refractivity (Wildman–Crippen MR) is 52.8 cm³/mol. The van der Waals surface area contributed by atoms with Gasteiger partial charge >= 0.3 is 0 Å². The molecule has 0 atom stereocenters. The monoisotopic (exact) mass is 247 g/mol. The van der Waals surface area contributed by atoms with E-state index in [0.29, 0.717) is 4.90 Å². The summed E-state index contributed by atoms with van der Waals surface area (Å²) in [5, 5.41) is 10.4. The molecule has 5 heteroatoms. The highest BCUT2D eigenvalue weighted by molar-refractivity contribution is 9.10. The molecule has 1 aromatic rings. The van der Waals surface area contributed by atoms with Gasteiger partial charge in [0.15, 0.2) is 0 Å². The van der Waals surface area contributed by atoms with Crippen molar-refractivity contribution in [2.75, 3.05) is 0 Å². The van der Waals surface area contributed by atoms with E-state index in [4.69, 9.17) is 0 Å². The number of benzene rings is 1. The second kappa shape index (κ2) is 3.45. The zero-order valence-corrected chi connectivity index (χ0v) is 8.72. The third-order valence-corrected chi connectivity index (χ3v) is 2.67. The minimum absolute atomic E-state index is 0.0239. The van der Waals surface area contributed by atoms with Crippen molar-refractivity contribution >= 4 is 34.2 Å². The Bertz CT molecular complexity index is 340. The molecular formula is C7H6BrNO2S. The van der Waals surface area contributed by atoms with Crippen LogP contribution in [0.25, 0.3) is 0 Å². The Labute approximate surface area is 83.5 Å². The molecule has 0 aliphatic rings. The number of thiol groups is 1. The van der Waals surface area contributed by atoms with Crippen LogP contribution in [-0.2, 0) is 0 Å². The third-order valence-electron chi connectivity index (χ3n) is 1.45. The highest BCUT2D eigenvalue weighted by Crippen LogP contribution is 2.29. The van der Waals surface area contributed by atoms with Gasteiger partial charge in [0.25, 0.3) is 5.69 Å². The lowest BCUT2D eigenvalue weighted by Crippen LogP contribution is -1.90. The normalized spacial score (nSPS) is 9.92. The number of nitro groups is 1. The van der Waals surface area contributed by atoms with Crippen LogP contribution in [0, 0.1) is 17.0 Å². The lowest BCUT2D eigenvalue weighted by Gasteiger charge is -2.00. The van der Waals surface area contributed by atoms with Gasteiger partial charge in [-0.3, -0.25) is 10.1 Å². The van der Waals surface area contributed by atoms with Crippen molar-refractivity contribution in [3.05, 3.63) is 32.3 Å². The second-order valence-electron chi connectivity index (χ2n) is 2.35. The summed E-state index contributed by atoms with van der Waals surface area (Å²) in [4.78, 5) is 10.4. The summed E-state index contributed by atoms with van der Waals surface area (Å²) < 4.78 is 0.729. The molecule has 1 aromatic carbocycles. The smallest absolute Gasteiger partial charge is 0.258 e. The number of hydrogen-bond acceptors (Lipinski definition) is 3. The molecule has 64 valence electrons. The van der Waals surface area contributed by atoms with Gasteiger partial charge in [0, 0.05) is 10.5 Å². The molecular weight excluding hydrogens is 242 g/mol. The van der Waals surface area contributed by atoms with Crippen LogP contribution < -0.4 is 0 Å². The molecule has 0 aliphatic heterocycles. The summed E-state index contributed by atoms with van der Waals surface area (Å²) in [6.07, 6.45) is 0. The summed E-state index contributed by atoms with van der Waals surface area (Å²) in [6.45, 7) is 1.85. The van der Waals surface area contributed by atoms with E-state index < -0.39 is 4.92 Å². The Morgan fingerprint density at radius 2 is 2.17 bits per heavy atom. The summed E-state index contributed by atoms with van der Waals surface area (Å²) in [5.41, 5.74) is 0.960. The van der Waals surface area contributed by atoms with Gasteiger partial charge in [0.1, 0.15) is 0 Å². The van der Waals surface area contributed by atoms with Crippen molar-refractivity contribution in [2.45, 2.75) is 11.8 Å². The van der Waals surface area contributed by atoms with Crippen LogP contribution in [0.3, 0.4) is 0 Å². The van der Waals surface area contributed by atoms with Crippen LogP contribution in [0.2, 0.25) is 0 Å². The van der Waals surface area contributed by atoms with Gasteiger partial charge in [0.2, 0.25) is 0 Å². The van der Waals surface area contributed by atoms with Crippen LogP contribution in [-0.4, -0.2) is 4.92 Å². The molecule has 0 fully saturated rings. The van der Waals surface area contributed by atoms with E-state index in [1.807, 2.05) is 6.92 Å². The van der Waals surface area contributed by atoms with Gasteiger partial charge < -0.3 is 0 Å². The van der Waals surface area contributed by atoms with E-state index in [2.05, 4.69) is 28.6 Å². The number of aryl methyl sites for hydroxylation is 1. The molecule has 12 heavy (non-hydrogen) atoms. The summed E-state index contributed by atoms with van der Waals surface area (Å²) in [7, 11) is 0. The van der Waals surface area contributed by atoms with Crippen molar-refractivity contribution in [2.24, 2.45) is 0 Å². The van der Waals surface area contributed by atoms with Crippen LogP contribution in [0.15, 0.2) is 21.5 Å². The van der Waals surface area contributed by atoms with Crippen molar-refractivity contribution in [1.29, 1.82) is 0 Å². The van der Waals surface area contributed by atoms with Crippen LogP contribution >= 0.6 is 28.6 Å². The topological polar surface area (TPSA) is 43.1 Å². The van der Waals surface area contributed by atoms with Crippen LogP contribution in [0.5, 0.6) is 0 Å². The number of nitrogens with zero attached hydrogens (tertiary/aromatic N) is 1. The average molecular weight is 248 g/mol. The number of nitro benzene ring substituents is 1. The first kappa shape index (κ1) is 9.54. The van der Waals surface area contributed by atoms with Crippen molar-refractivity contribution in [3.8, 4) is 0 Å². The highest BCUT2D eigenvalue weighted by Gasteiger charge is 2.12. The molecule has 0 spiro atoms. The van der Waals surface area contributed by atoms with Gasteiger partial charge in [-0.15, -0.1) is 12.6 Å². The maximum Gasteiger partial charge on any atom is 0.283 e. The van der Waals surface area contributed by atoms with Gasteiger partial charge in [0.05, 0.1) is 9.82 Å². The first-order chi connectivity index (χ1) is 5.52. The van der Waals surface area contributed by atoms with E-state index in [9.17, 15) is 10.1 Å². The maximum atomic E-state index is 10.4. The quantitative estimate of drug-likeness (QED) is 0.471. The van der Waals surface area contributed by atoms with Crippen LogP contribution in [0.1, 0.15) is 5.56 Å². The van der Waals surface area contributed by atoms with Crippen molar-refractivity contribution in [1.82, 2.24) is 0 Å². The number of halogens is 1. The molecule has 0 bridgehead atoms. The molecule has 0 N–H and O–H groups in total. The fourth-order valence-corrected chi connectivity index (χ4v) is 1.47. The fraction of sp³-hybridized carbons (Fsp3) is 0.143. The molecule has 0 heterocycles. The molecule has 0 aliphatic carbocycles. The standard InChI is InChI=1S/C7H6BrNO2S/c1-4-2-7(12)6(9(10)11)3-5(4)8/h2-3,12H,1H3. The number of rotatable bonds is 1. The Kier molecular flexibility index (Phi) is 2.74. The van der Waals surface area contributed by atoms with Crippen LogP contribution in [0.4, 0.5) is 5.69 Å². The molecule has 1 rings (SSSR count). The fourth-order valence-electron chi connectivity index (χ4n) is 0.802. The molecule has 0 saturated heterocycles.